The molecular weight excluding hydrogens is 295 g/mol. The van der Waals surface area contributed by atoms with E-state index in [1.54, 1.807) is 24.3 Å². The van der Waals surface area contributed by atoms with Gasteiger partial charge in [-0.15, -0.1) is 0 Å². The monoisotopic (exact) mass is 310 g/mol. The minimum atomic E-state index is -3.97. The van der Waals surface area contributed by atoms with Gasteiger partial charge in [-0.3, -0.25) is 4.72 Å². The van der Waals surface area contributed by atoms with Crippen LogP contribution >= 0.6 is 0 Å². The number of hydrogen-bond acceptors (Lipinski definition) is 4. The maximum atomic E-state index is 12.9. The van der Waals surface area contributed by atoms with Gasteiger partial charge < -0.3 is 10.0 Å². The lowest BCUT2D eigenvalue weighted by Crippen LogP contribution is -2.13. The molecule has 0 aliphatic rings. The van der Waals surface area contributed by atoms with Gasteiger partial charge in [-0.2, -0.15) is 0 Å². The quantitative estimate of drug-likeness (QED) is 0.910. The fourth-order valence-electron chi connectivity index (χ4n) is 1.76. The van der Waals surface area contributed by atoms with Crippen molar-refractivity contribution in [3.63, 3.8) is 0 Å². The number of nitrogens with zero attached hydrogens (tertiary/aromatic N) is 1. The maximum Gasteiger partial charge on any atom is 0.265 e. The summed E-state index contributed by atoms with van der Waals surface area (Å²) in [6.45, 7) is 0. The van der Waals surface area contributed by atoms with Crippen LogP contribution in [0.2, 0.25) is 0 Å². The molecule has 0 spiro atoms. The number of nitrogens with one attached hydrogen (secondary N) is 1. The topological polar surface area (TPSA) is 69.6 Å². The zero-order valence-electron chi connectivity index (χ0n) is 11.5. The molecule has 0 bridgehead atoms. The second-order valence-electron chi connectivity index (χ2n) is 4.66. The van der Waals surface area contributed by atoms with Gasteiger partial charge in [-0.1, -0.05) is 0 Å². The third-order valence-electron chi connectivity index (χ3n) is 2.85. The minimum absolute atomic E-state index is 0.351. The van der Waals surface area contributed by atoms with Gasteiger partial charge in [-0.05, 0) is 36.4 Å². The van der Waals surface area contributed by atoms with Crippen molar-refractivity contribution in [2.24, 2.45) is 0 Å². The molecule has 2 aromatic rings. The molecule has 0 aliphatic carbocycles. The summed E-state index contributed by atoms with van der Waals surface area (Å²) in [5.41, 5.74) is 1.27. The number of halogens is 1. The molecule has 2 rings (SSSR count). The van der Waals surface area contributed by atoms with Gasteiger partial charge in [0.05, 0.1) is 0 Å². The summed E-state index contributed by atoms with van der Waals surface area (Å²) in [6, 6.07) is 9.46. The van der Waals surface area contributed by atoms with Crippen molar-refractivity contribution in [3.05, 3.63) is 48.3 Å². The zero-order chi connectivity index (χ0) is 15.6. The van der Waals surface area contributed by atoms with E-state index < -0.39 is 21.6 Å². The first-order chi connectivity index (χ1) is 9.79. The van der Waals surface area contributed by atoms with Gasteiger partial charge in [0.25, 0.3) is 10.0 Å². The zero-order valence-corrected chi connectivity index (χ0v) is 12.4. The van der Waals surface area contributed by atoms with Crippen molar-refractivity contribution < 1.29 is 17.9 Å². The number of anilines is 2. The number of hydrogen-bond donors (Lipinski definition) is 2. The molecule has 21 heavy (non-hydrogen) atoms. The molecule has 0 radical (unpaired) electrons. The molecule has 112 valence electrons. The van der Waals surface area contributed by atoms with Crippen molar-refractivity contribution >= 4 is 21.4 Å². The smallest absolute Gasteiger partial charge is 0.265 e. The third kappa shape index (κ3) is 3.43. The first-order valence-corrected chi connectivity index (χ1v) is 7.56. The van der Waals surface area contributed by atoms with Crippen LogP contribution in [0.5, 0.6) is 5.75 Å². The first kappa shape index (κ1) is 15.1. The van der Waals surface area contributed by atoms with Gasteiger partial charge in [-0.25, -0.2) is 12.8 Å². The normalized spacial score (nSPS) is 11.2. The molecule has 0 saturated heterocycles. The number of aromatic hydroxyl groups is 1. The first-order valence-electron chi connectivity index (χ1n) is 6.08. The Hall–Kier alpha value is -2.28. The Bertz CT molecular complexity index is 743. The molecule has 5 nitrogen and oxygen atoms in total. The fraction of sp³-hybridized carbons (Fsp3) is 0.143. The molecular formula is C14H15FN2O3S. The van der Waals surface area contributed by atoms with E-state index in [1.807, 2.05) is 19.0 Å². The minimum Gasteiger partial charge on any atom is -0.506 e. The van der Waals surface area contributed by atoms with Gasteiger partial charge in [0, 0.05) is 31.5 Å². The van der Waals surface area contributed by atoms with Crippen molar-refractivity contribution in [1.29, 1.82) is 0 Å². The molecule has 0 amide bonds. The Balaban J connectivity index is 2.28. The van der Waals surface area contributed by atoms with Crippen LogP contribution in [0.25, 0.3) is 0 Å². The van der Waals surface area contributed by atoms with Gasteiger partial charge in [0.2, 0.25) is 0 Å². The highest BCUT2D eigenvalue weighted by molar-refractivity contribution is 7.92. The molecule has 0 aromatic heterocycles. The van der Waals surface area contributed by atoms with Crippen LogP contribution in [0.15, 0.2) is 47.4 Å². The summed E-state index contributed by atoms with van der Waals surface area (Å²) in [7, 11) is -0.233. The number of benzene rings is 2. The van der Waals surface area contributed by atoms with Crippen molar-refractivity contribution in [1.82, 2.24) is 0 Å². The molecule has 2 N–H and O–H groups in total. The lowest BCUT2D eigenvalue weighted by Gasteiger charge is -2.14. The van der Waals surface area contributed by atoms with Gasteiger partial charge in [0.15, 0.2) is 0 Å². The molecule has 7 heteroatoms. The maximum absolute atomic E-state index is 12.9. The van der Waals surface area contributed by atoms with Crippen LogP contribution in [0, 0.1) is 5.82 Å². The van der Waals surface area contributed by atoms with E-state index >= 15 is 0 Å². The van der Waals surface area contributed by atoms with E-state index in [2.05, 4.69) is 4.72 Å². The summed E-state index contributed by atoms with van der Waals surface area (Å²) in [6.07, 6.45) is 0. The Labute approximate surface area is 122 Å². The van der Waals surface area contributed by atoms with Crippen molar-refractivity contribution in [2.75, 3.05) is 23.7 Å². The SMILES string of the molecule is CN(C)c1ccc(NS(=O)(=O)c2ccc(F)cc2O)cc1. The highest BCUT2D eigenvalue weighted by atomic mass is 32.2. The van der Waals surface area contributed by atoms with Crippen LogP contribution in [-0.4, -0.2) is 27.6 Å². The number of phenols is 1. The Kier molecular flexibility index (Phi) is 4.04. The lowest BCUT2D eigenvalue weighted by molar-refractivity contribution is 0.453. The predicted molar refractivity (Wildman–Crippen MR) is 79.6 cm³/mol. The van der Waals surface area contributed by atoms with E-state index in [9.17, 15) is 17.9 Å². The van der Waals surface area contributed by atoms with Crippen LogP contribution in [-0.2, 0) is 10.0 Å². The average Bonchev–Trinajstić information content (AvgIpc) is 2.38. The molecule has 0 atom stereocenters. The van der Waals surface area contributed by atoms with E-state index in [0.29, 0.717) is 5.69 Å². The van der Waals surface area contributed by atoms with Gasteiger partial charge >= 0.3 is 0 Å². The highest BCUT2D eigenvalue weighted by Gasteiger charge is 2.19. The Morgan fingerprint density at radius 2 is 1.71 bits per heavy atom. The molecule has 0 aliphatic heterocycles. The van der Waals surface area contributed by atoms with E-state index in [-0.39, 0.29) is 4.90 Å². The summed E-state index contributed by atoms with van der Waals surface area (Å²) in [5.74, 6) is -1.34. The van der Waals surface area contributed by atoms with E-state index in [1.165, 1.54) is 0 Å². The van der Waals surface area contributed by atoms with Crippen LogP contribution < -0.4 is 9.62 Å². The van der Waals surface area contributed by atoms with E-state index in [4.69, 9.17) is 0 Å². The van der Waals surface area contributed by atoms with E-state index in [0.717, 1.165) is 23.9 Å². The largest absolute Gasteiger partial charge is 0.506 e. The van der Waals surface area contributed by atoms with Crippen LogP contribution in [0.3, 0.4) is 0 Å². The Morgan fingerprint density at radius 3 is 2.24 bits per heavy atom. The fourth-order valence-corrected chi connectivity index (χ4v) is 2.89. The molecule has 0 unspecified atom stereocenters. The number of sulfonamides is 1. The molecule has 0 saturated carbocycles. The standard InChI is InChI=1S/C14H15FN2O3S/c1-17(2)12-6-4-11(5-7-12)16-21(19,20)14-8-3-10(15)9-13(14)18/h3-9,16,18H,1-2H3. The Morgan fingerprint density at radius 1 is 1.10 bits per heavy atom. The summed E-state index contributed by atoms with van der Waals surface area (Å²) < 4.78 is 39.5. The molecule has 2 aromatic carbocycles. The highest BCUT2D eigenvalue weighted by Crippen LogP contribution is 2.26. The van der Waals surface area contributed by atoms with Crippen molar-refractivity contribution in [3.8, 4) is 5.75 Å². The summed E-state index contributed by atoms with van der Waals surface area (Å²) in [4.78, 5) is 1.50. The second-order valence-corrected chi connectivity index (χ2v) is 6.31. The molecule has 0 fully saturated rings. The predicted octanol–water partition coefficient (Wildman–Crippen LogP) is 2.40. The molecule has 0 heterocycles. The second kappa shape index (κ2) is 5.61. The number of rotatable bonds is 4. The third-order valence-corrected chi connectivity index (χ3v) is 4.28. The summed E-state index contributed by atoms with van der Waals surface area (Å²) in [5, 5.41) is 9.56. The van der Waals surface area contributed by atoms with Crippen molar-refractivity contribution in [2.45, 2.75) is 4.90 Å². The van der Waals surface area contributed by atoms with Gasteiger partial charge in [0.1, 0.15) is 16.5 Å². The summed E-state index contributed by atoms with van der Waals surface area (Å²) >= 11 is 0. The number of phenolic OH excluding ortho intramolecular Hbond substituents is 1. The van der Waals surface area contributed by atoms with Crippen LogP contribution in [0.1, 0.15) is 0 Å². The average molecular weight is 310 g/mol. The lowest BCUT2D eigenvalue weighted by atomic mass is 10.3. The van der Waals surface area contributed by atoms with Crippen LogP contribution in [0.4, 0.5) is 15.8 Å².